The molecular formula is C22H25NO2. The predicted molar refractivity (Wildman–Crippen MR) is 103 cm³/mol. The Kier molecular flexibility index (Phi) is 5.69. The summed E-state index contributed by atoms with van der Waals surface area (Å²) in [5.74, 6) is 0.887. The van der Waals surface area contributed by atoms with E-state index in [0.717, 1.165) is 16.9 Å². The minimum absolute atomic E-state index is 0.369. The third-order valence-electron chi connectivity index (χ3n) is 4.22. The van der Waals surface area contributed by atoms with Gasteiger partial charge in [0, 0.05) is 18.7 Å². The van der Waals surface area contributed by atoms with Gasteiger partial charge in [-0.1, -0.05) is 60.2 Å². The molecular weight excluding hydrogens is 310 g/mol. The maximum absolute atomic E-state index is 9.50. The maximum Gasteiger partial charge on any atom is 0.124 e. The highest BCUT2D eigenvalue weighted by Crippen LogP contribution is 2.28. The van der Waals surface area contributed by atoms with Gasteiger partial charge in [0.2, 0.25) is 0 Å². The Bertz CT molecular complexity index is 842. The van der Waals surface area contributed by atoms with E-state index in [0.29, 0.717) is 19.7 Å². The van der Waals surface area contributed by atoms with Crippen LogP contribution in [-0.2, 0) is 13.2 Å². The first-order valence-electron chi connectivity index (χ1n) is 8.71. The van der Waals surface area contributed by atoms with Crippen molar-refractivity contribution in [2.45, 2.75) is 33.1 Å². The van der Waals surface area contributed by atoms with Gasteiger partial charge in [0.05, 0.1) is 6.10 Å². The molecule has 0 aliphatic heterocycles. The molecule has 0 spiro atoms. The van der Waals surface area contributed by atoms with Crippen LogP contribution in [0.25, 0.3) is 10.8 Å². The molecule has 0 bridgehead atoms. The van der Waals surface area contributed by atoms with E-state index in [1.165, 1.54) is 16.3 Å². The lowest BCUT2D eigenvalue weighted by molar-refractivity contribution is 0.190. The largest absolute Gasteiger partial charge is 0.489 e. The molecule has 0 radical (unpaired) electrons. The number of aryl methyl sites for hydroxylation is 1. The molecule has 3 rings (SSSR count). The summed E-state index contributed by atoms with van der Waals surface area (Å²) in [4.78, 5) is 0. The van der Waals surface area contributed by atoms with Crippen molar-refractivity contribution < 1.29 is 9.84 Å². The summed E-state index contributed by atoms with van der Waals surface area (Å²) in [7, 11) is 0. The van der Waals surface area contributed by atoms with E-state index in [-0.39, 0.29) is 6.10 Å². The molecule has 1 atom stereocenters. The van der Waals surface area contributed by atoms with Crippen molar-refractivity contribution in [2.75, 3.05) is 6.54 Å². The Morgan fingerprint density at radius 1 is 1.04 bits per heavy atom. The fourth-order valence-corrected chi connectivity index (χ4v) is 3.00. The average molecular weight is 335 g/mol. The van der Waals surface area contributed by atoms with Crippen molar-refractivity contribution in [1.82, 2.24) is 5.32 Å². The summed E-state index contributed by atoms with van der Waals surface area (Å²) in [5, 5.41) is 15.2. The van der Waals surface area contributed by atoms with Gasteiger partial charge in [0.15, 0.2) is 0 Å². The molecule has 3 aromatic rings. The van der Waals surface area contributed by atoms with Gasteiger partial charge in [-0.25, -0.2) is 0 Å². The van der Waals surface area contributed by atoms with E-state index in [4.69, 9.17) is 4.74 Å². The molecule has 0 unspecified atom stereocenters. The number of nitrogens with one attached hydrogen (secondary N) is 1. The van der Waals surface area contributed by atoms with E-state index < -0.39 is 0 Å². The molecule has 0 saturated heterocycles. The van der Waals surface area contributed by atoms with Gasteiger partial charge in [-0.2, -0.15) is 0 Å². The second kappa shape index (κ2) is 8.15. The molecule has 0 aliphatic carbocycles. The molecule has 3 nitrogen and oxygen atoms in total. The number of ether oxygens (including phenoxy) is 1. The van der Waals surface area contributed by atoms with Crippen LogP contribution in [0.4, 0.5) is 0 Å². The maximum atomic E-state index is 9.50. The zero-order chi connectivity index (χ0) is 17.6. The number of fused-ring (bicyclic) bond motifs is 1. The van der Waals surface area contributed by atoms with Crippen molar-refractivity contribution in [3.63, 3.8) is 0 Å². The zero-order valence-electron chi connectivity index (χ0n) is 14.8. The lowest BCUT2D eigenvalue weighted by atomic mass is 10.0. The van der Waals surface area contributed by atoms with E-state index in [9.17, 15) is 5.11 Å². The molecule has 130 valence electrons. The Morgan fingerprint density at radius 2 is 1.88 bits per heavy atom. The van der Waals surface area contributed by atoms with E-state index in [1.54, 1.807) is 6.92 Å². The van der Waals surface area contributed by atoms with Crippen molar-refractivity contribution >= 4 is 10.8 Å². The van der Waals surface area contributed by atoms with Crippen LogP contribution in [0.1, 0.15) is 23.6 Å². The number of hydrogen-bond donors (Lipinski definition) is 2. The number of rotatable bonds is 7. The third-order valence-corrected chi connectivity index (χ3v) is 4.22. The third kappa shape index (κ3) is 4.59. The Morgan fingerprint density at radius 3 is 2.68 bits per heavy atom. The predicted octanol–water partition coefficient (Wildman–Crippen LogP) is 4.20. The first-order chi connectivity index (χ1) is 12.1. The summed E-state index contributed by atoms with van der Waals surface area (Å²) in [6.07, 6.45) is -0.369. The first kappa shape index (κ1) is 17.5. The zero-order valence-corrected chi connectivity index (χ0v) is 14.8. The monoisotopic (exact) mass is 335 g/mol. The average Bonchev–Trinajstić information content (AvgIpc) is 2.60. The van der Waals surface area contributed by atoms with E-state index >= 15 is 0 Å². The summed E-state index contributed by atoms with van der Waals surface area (Å²) in [6, 6.07) is 20.8. The second-order valence-corrected chi connectivity index (χ2v) is 6.52. The molecule has 3 aromatic carbocycles. The SMILES string of the molecule is Cc1cccc(COc2ccc3ccccc3c2CNC[C@@H](C)O)c1. The van der Waals surface area contributed by atoms with Crippen LogP contribution in [0.3, 0.4) is 0 Å². The van der Waals surface area contributed by atoms with E-state index in [1.807, 2.05) is 18.2 Å². The molecule has 0 saturated carbocycles. The lowest BCUT2D eigenvalue weighted by Gasteiger charge is -2.16. The Hall–Kier alpha value is -2.36. The van der Waals surface area contributed by atoms with Gasteiger partial charge >= 0.3 is 0 Å². The van der Waals surface area contributed by atoms with Crippen LogP contribution in [-0.4, -0.2) is 17.8 Å². The minimum atomic E-state index is -0.369. The van der Waals surface area contributed by atoms with Gasteiger partial charge < -0.3 is 15.2 Å². The highest BCUT2D eigenvalue weighted by atomic mass is 16.5. The van der Waals surface area contributed by atoms with Crippen molar-refractivity contribution in [1.29, 1.82) is 0 Å². The van der Waals surface area contributed by atoms with Gasteiger partial charge in [0.25, 0.3) is 0 Å². The van der Waals surface area contributed by atoms with Crippen LogP contribution in [0, 0.1) is 6.92 Å². The standard InChI is InChI=1S/C22H25NO2/c1-16-6-5-7-18(12-16)15-25-22-11-10-19-8-3-4-9-20(19)21(22)14-23-13-17(2)24/h3-12,17,23-24H,13-15H2,1-2H3/t17-/m1/s1. The molecule has 0 fully saturated rings. The van der Waals surface area contributed by atoms with Crippen molar-refractivity contribution in [3.8, 4) is 5.75 Å². The molecule has 3 heteroatoms. The number of aliphatic hydroxyl groups is 1. The van der Waals surface area contributed by atoms with Gasteiger partial charge in [-0.05, 0) is 36.2 Å². The van der Waals surface area contributed by atoms with Gasteiger partial charge in [0.1, 0.15) is 12.4 Å². The van der Waals surface area contributed by atoms with Crippen molar-refractivity contribution in [2.24, 2.45) is 0 Å². The summed E-state index contributed by atoms with van der Waals surface area (Å²) in [6.45, 7) is 5.63. The van der Waals surface area contributed by atoms with Crippen LogP contribution >= 0.6 is 0 Å². The molecule has 0 heterocycles. The van der Waals surface area contributed by atoms with E-state index in [2.05, 4.69) is 54.7 Å². The number of hydrogen-bond acceptors (Lipinski definition) is 3. The van der Waals surface area contributed by atoms with Crippen molar-refractivity contribution in [3.05, 3.63) is 77.4 Å². The van der Waals surface area contributed by atoms with Crippen LogP contribution in [0.15, 0.2) is 60.7 Å². The highest BCUT2D eigenvalue weighted by molar-refractivity contribution is 5.87. The fraction of sp³-hybridized carbons (Fsp3) is 0.273. The molecule has 2 N–H and O–H groups in total. The number of aliphatic hydroxyl groups excluding tert-OH is 1. The van der Waals surface area contributed by atoms with Crippen LogP contribution in [0.2, 0.25) is 0 Å². The van der Waals surface area contributed by atoms with Crippen LogP contribution < -0.4 is 10.1 Å². The molecule has 0 aromatic heterocycles. The minimum Gasteiger partial charge on any atom is -0.489 e. The molecule has 0 amide bonds. The quantitative estimate of drug-likeness (QED) is 0.680. The fourth-order valence-electron chi connectivity index (χ4n) is 3.00. The highest BCUT2D eigenvalue weighted by Gasteiger charge is 2.09. The normalized spacial score (nSPS) is 12.3. The molecule has 0 aliphatic rings. The summed E-state index contributed by atoms with van der Waals surface area (Å²) < 4.78 is 6.14. The van der Waals surface area contributed by atoms with Gasteiger partial charge in [-0.3, -0.25) is 0 Å². The lowest BCUT2D eigenvalue weighted by Crippen LogP contribution is -2.24. The summed E-state index contributed by atoms with van der Waals surface area (Å²) in [5.41, 5.74) is 3.53. The van der Waals surface area contributed by atoms with Gasteiger partial charge in [-0.15, -0.1) is 0 Å². The molecule has 25 heavy (non-hydrogen) atoms. The topological polar surface area (TPSA) is 41.5 Å². The Labute approximate surface area is 149 Å². The summed E-state index contributed by atoms with van der Waals surface area (Å²) >= 11 is 0. The number of benzene rings is 3. The smallest absolute Gasteiger partial charge is 0.124 e. The second-order valence-electron chi connectivity index (χ2n) is 6.52. The Balaban J connectivity index is 1.85. The first-order valence-corrected chi connectivity index (χ1v) is 8.71. The van der Waals surface area contributed by atoms with Crippen LogP contribution in [0.5, 0.6) is 5.75 Å².